The highest BCUT2D eigenvalue weighted by Crippen LogP contribution is 2.29. The largest absolute Gasteiger partial charge is 0.497 e. The predicted molar refractivity (Wildman–Crippen MR) is 127 cm³/mol. The summed E-state index contributed by atoms with van der Waals surface area (Å²) >= 11 is 0. The molecule has 0 spiro atoms. The molecule has 0 radical (unpaired) electrons. The van der Waals surface area contributed by atoms with Crippen molar-refractivity contribution in [2.24, 2.45) is 0 Å². The van der Waals surface area contributed by atoms with Crippen molar-refractivity contribution in [3.8, 4) is 11.5 Å². The molecule has 166 valence electrons. The highest BCUT2D eigenvalue weighted by Gasteiger charge is 2.27. The Morgan fingerprint density at radius 3 is 2.15 bits per heavy atom. The van der Waals surface area contributed by atoms with Gasteiger partial charge >= 0.3 is 5.97 Å². The summed E-state index contributed by atoms with van der Waals surface area (Å²) in [5.74, 6) is -0.171. The Labute approximate surface area is 191 Å². The highest BCUT2D eigenvalue weighted by atomic mass is 16.6. The lowest BCUT2D eigenvalue weighted by atomic mass is 10.1. The van der Waals surface area contributed by atoms with E-state index in [9.17, 15) is 9.59 Å². The fraction of sp³-hybridized carbons (Fsp3) is 0.111. The maximum atomic E-state index is 13.2. The summed E-state index contributed by atoms with van der Waals surface area (Å²) in [5, 5.41) is 4.60. The van der Waals surface area contributed by atoms with Gasteiger partial charge in [0, 0.05) is 17.3 Å². The Balaban J connectivity index is 1.65. The molecule has 0 aliphatic heterocycles. The van der Waals surface area contributed by atoms with Crippen LogP contribution in [0.2, 0.25) is 0 Å². The van der Waals surface area contributed by atoms with Gasteiger partial charge in [-0.2, -0.15) is 0 Å². The molecule has 1 unspecified atom stereocenters. The lowest BCUT2D eigenvalue weighted by Gasteiger charge is -2.19. The SMILES string of the molecule is COc1cccc(NC(=O)C(OC(=O)c2cc3ccccc3cc2OC)c2ccccc2)c1. The van der Waals surface area contributed by atoms with Crippen LogP contribution in [0.1, 0.15) is 22.0 Å². The van der Waals surface area contributed by atoms with Crippen LogP contribution in [0, 0.1) is 0 Å². The molecule has 0 aromatic heterocycles. The molecule has 6 heteroatoms. The van der Waals surface area contributed by atoms with Gasteiger partial charge in [0.05, 0.1) is 14.2 Å². The molecule has 0 saturated heterocycles. The monoisotopic (exact) mass is 441 g/mol. The quantitative estimate of drug-likeness (QED) is 0.389. The van der Waals surface area contributed by atoms with E-state index in [-0.39, 0.29) is 5.56 Å². The van der Waals surface area contributed by atoms with E-state index in [2.05, 4.69) is 5.32 Å². The Bertz CT molecular complexity index is 1290. The molecule has 0 bridgehead atoms. The number of rotatable bonds is 7. The molecule has 0 aliphatic rings. The maximum absolute atomic E-state index is 13.2. The van der Waals surface area contributed by atoms with Gasteiger partial charge in [0.1, 0.15) is 17.1 Å². The normalized spacial score (nSPS) is 11.5. The van der Waals surface area contributed by atoms with Gasteiger partial charge in [-0.1, -0.05) is 60.7 Å². The van der Waals surface area contributed by atoms with Gasteiger partial charge in [-0.25, -0.2) is 4.79 Å². The highest BCUT2D eigenvalue weighted by molar-refractivity contribution is 6.01. The van der Waals surface area contributed by atoms with Crippen molar-refractivity contribution in [1.29, 1.82) is 0 Å². The fourth-order valence-corrected chi connectivity index (χ4v) is 3.53. The smallest absolute Gasteiger partial charge is 0.343 e. The zero-order chi connectivity index (χ0) is 23.2. The van der Waals surface area contributed by atoms with Crippen LogP contribution in [0.5, 0.6) is 11.5 Å². The molecule has 1 N–H and O–H groups in total. The number of carbonyl (C=O) groups is 2. The van der Waals surface area contributed by atoms with Gasteiger partial charge in [-0.15, -0.1) is 0 Å². The first-order chi connectivity index (χ1) is 16.1. The van der Waals surface area contributed by atoms with Gasteiger partial charge in [-0.3, -0.25) is 4.79 Å². The summed E-state index contributed by atoms with van der Waals surface area (Å²) in [5.41, 5.74) is 1.32. The molecule has 4 aromatic rings. The van der Waals surface area contributed by atoms with Crippen LogP contribution < -0.4 is 14.8 Å². The van der Waals surface area contributed by atoms with Crippen molar-refractivity contribution in [1.82, 2.24) is 0 Å². The van der Waals surface area contributed by atoms with E-state index in [0.717, 1.165) is 10.8 Å². The number of amides is 1. The van der Waals surface area contributed by atoms with Gasteiger partial charge in [0.15, 0.2) is 0 Å². The second-order valence-corrected chi connectivity index (χ2v) is 7.32. The molecular formula is C27H23NO5. The van der Waals surface area contributed by atoms with E-state index in [4.69, 9.17) is 14.2 Å². The number of ether oxygens (including phenoxy) is 3. The average molecular weight is 441 g/mol. The van der Waals surface area contributed by atoms with E-state index in [0.29, 0.717) is 22.7 Å². The summed E-state index contributed by atoms with van der Waals surface area (Å²) in [6.07, 6.45) is -1.17. The third kappa shape index (κ3) is 4.96. The fourth-order valence-electron chi connectivity index (χ4n) is 3.53. The molecule has 0 fully saturated rings. The number of nitrogens with one attached hydrogen (secondary N) is 1. The molecule has 1 atom stereocenters. The minimum atomic E-state index is -1.17. The van der Waals surface area contributed by atoms with Crippen molar-refractivity contribution in [3.05, 3.63) is 102 Å². The third-order valence-corrected chi connectivity index (χ3v) is 5.19. The lowest BCUT2D eigenvalue weighted by molar-refractivity contribution is -0.125. The van der Waals surface area contributed by atoms with Crippen molar-refractivity contribution in [2.75, 3.05) is 19.5 Å². The van der Waals surface area contributed by atoms with E-state index >= 15 is 0 Å². The summed E-state index contributed by atoms with van der Waals surface area (Å²) in [6.45, 7) is 0. The zero-order valence-corrected chi connectivity index (χ0v) is 18.3. The second-order valence-electron chi connectivity index (χ2n) is 7.32. The summed E-state index contributed by atoms with van der Waals surface area (Å²) in [6, 6.07) is 26.9. The Kier molecular flexibility index (Phi) is 6.55. The third-order valence-electron chi connectivity index (χ3n) is 5.19. The minimum Gasteiger partial charge on any atom is -0.497 e. The number of hydrogen-bond acceptors (Lipinski definition) is 5. The van der Waals surface area contributed by atoms with Crippen molar-refractivity contribution < 1.29 is 23.8 Å². The van der Waals surface area contributed by atoms with Crippen LogP contribution in [0.4, 0.5) is 5.69 Å². The van der Waals surface area contributed by atoms with Crippen LogP contribution in [0.25, 0.3) is 10.8 Å². The topological polar surface area (TPSA) is 73.9 Å². The van der Waals surface area contributed by atoms with E-state index in [1.54, 1.807) is 67.8 Å². The minimum absolute atomic E-state index is 0.242. The molecule has 1 amide bonds. The van der Waals surface area contributed by atoms with Crippen molar-refractivity contribution in [2.45, 2.75) is 6.10 Å². The number of anilines is 1. The maximum Gasteiger partial charge on any atom is 0.343 e. The number of methoxy groups -OCH3 is 2. The van der Waals surface area contributed by atoms with Crippen LogP contribution in [0.3, 0.4) is 0 Å². The average Bonchev–Trinajstić information content (AvgIpc) is 2.86. The first kappa shape index (κ1) is 21.9. The Morgan fingerprint density at radius 2 is 1.45 bits per heavy atom. The molecule has 4 aromatic carbocycles. The lowest BCUT2D eigenvalue weighted by Crippen LogP contribution is -2.26. The van der Waals surface area contributed by atoms with E-state index < -0.39 is 18.0 Å². The van der Waals surface area contributed by atoms with Crippen LogP contribution in [0.15, 0.2) is 91.0 Å². The van der Waals surface area contributed by atoms with Crippen LogP contribution in [-0.4, -0.2) is 26.1 Å². The summed E-state index contributed by atoms with van der Waals surface area (Å²) < 4.78 is 16.4. The van der Waals surface area contributed by atoms with E-state index in [1.165, 1.54) is 7.11 Å². The van der Waals surface area contributed by atoms with E-state index in [1.807, 2.05) is 30.3 Å². The molecule has 33 heavy (non-hydrogen) atoms. The first-order valence-corrected chi connectivity index (χ1v) is 10.4. The molecular weight excluding hydrogens is 418 g/mol. The second kappa shape index (κ2) is 9.87. The van der Waals surface area contributed by atoms with Gasteiger partial charge in [-0.05, 0) is 35.0 Å². The van der Waals surface area contributed by atoms with Crippen molar-refractivity contribution >= 4 is 28.3 Å². The molecule has 6 nitrogen and oxygen atoms in total. The van der Waals surface area contributed by atoms with Crippen LogP contribution >= 0.6 is 0 Å². The number of esters is 1. The standard InChI is InChI=1S/C27H23NO5/c1-31-22-14-8-13-21(17-22)28-26(29)25(18-9-4-3-5-10-18)33-27(30)23-15-19-11-6-7-12-20(19)16-24(23)32-2/h3-17,25H,1-2H3,(H,28,29). The number of hydrogen-bond donors (Lipinski definition) is 1. The van der Waals surface area contributed by atoms with Crippen molar-refractivity contribution in [3.63, 3.8) is 0 Å². The predicted octanol–water partition coefficient (Wildman–Crippen LogP) is 5.39. The zero-order valence-electron chi connectivity index (χ0n) is 18.3. The van der Waals surface area contributed by atoms with Crippen LogP contribution in [-0.2, 0) is 9.53 Å². The van der Waals surface area contributed by atoms with Gasteiger partial charge in [0.2, 0.25) is 6.10 Å². The molecule has 4 rings (SSSR count). The Hall–Kier alpha value is -4.32. The first-order valence-electron chi connectivity index (χ1n) is 10.4. The van der Waals surface area contributed by atoms with Gasteiger partial charge < -0.3 is 19.5 Å². The number of fused-ring (bicyclic) bond motifs is 1. The number of benzene rings is 4. The molecule has 0 aliphatic carbocycles. The molecule has 0 saturated carbocycles. The van der Waals surface area contributed by atoms with Gasteiger partial charge in [0.25, 0.3) is 5.91 Å². The Morgan fingerprint density at radius 1 is 0.758 bits per heavy atom. The summed E-state index contributed by atoms with van der Waals surface area (Å²) in [7, 11) is 3.04. The number of carbonyl (C=O) groups excluding carboxylic acids is 2. The molecule has 0 heterocycles. The summed E-state index contributed by atoms with van der Waals surface area (Å²) in [4.78, 5) is 26.4.